The second-order valence-electron chi connectivity index (χ2n) is 4.84. The van der Waals surface area contributed by atoms with Gasteiger partial charge in [0.1, 0.15) is 0 Å². The molecule has 0 aliphatic carbocycles. The van der Waals surface area contributed by atoms with Crippen molar-refractivity contribution in [2.24, 2.45) is 0 Å². The van der Waals surface area contributed by atoms with E-state index in [9.17, 15) is 17.2 Å². The summed E-state index contributed by atoms with van der Waals surface area (Å²) in [5.74, 6) is -3.38. The normalized spacial score (nSPS) is 19.4. The summed E-state index contributed by atoms with van der Waals surface area (Å²) in [5, 5.41) is 6.54. The number of hydrogen-bond acceptors (Lipinski definition) is 4. The number of hydrogen-bond donors (Lipinski definition) is 2. The van der Waals surface area contributed by atoms with Gasteiger partial charge in [-0.3, -0.25) is 0 Å². The Hall–Kier alpha value is -1.21. The van der Waals surface area contributed by atoms with Crippen LogP contribution in [0.15, 0.2) is 29.2 Å². The van der Waals surface area contributed by atoms with Crippen molar-refractivity contribution in [1.29, 1.82) is 0 Å². The highest BCUT2D eigenvalue weighted by Crippen LogP contribution is 2.20. The Morgan fingerprint density at radius 3 is 2.55 bits per heavy atom. The van der Waals surface area contributed by atoms with Crippen molar-refractivity contribution >= 4 is 15.5 Å². The molecule has 0 unspecified atom stereocenters. The highest BCUT2D eigenvalue weighted by Gasteiger charge is 2.26. The molecule has 0 bridgehead atoms. The number of nitrogens with one attached hydrogen (secondary N) is 2. The molecule has 2 N–H and O–H groups in total. The van der Waals surface area contributed by atoms with E-state index >= 15 is 0 Å². The third-order valence-corrected chi connectivity index (χ3v) is 4.80. The molecule has 0 radical (unpaired) electrons. The molecule has 1 saturated heterocycles. The van der Waals surface area contributed by atoms with Gasteiger partial charge in [0.2, 0.25) is 9.84 Å². The average molecular weight is 304 g/mol. The van der Waals surface area contributed by atoms with E-state index in [1.807, 2.05) is 0 Å². The fraction of sp³-hybridized carbons (Fsp3) is 0.538. The Balaban J connectivity index is 1.88. The van der Waals surface area contributed by atoms with Crippen LogP contribution in [0.25, 0.3) is 0 Å². The number of alkyl halides is 2. The van der Waals surface area contributed by atoms with Crippen LogP contribution in [0.1, 0.15) is 19.3 Å². The highest BCUT2D eigenvalue weighted by atomic mass is 32.2. The van der Waals surface area contributed by atoms with Crippen molar-refractivity contribution in [2.75, 3.05) is 18.4 Å². The third-order valence-electron chi connectivity index (χ3n) is 3.40. The molecule has 1 aromatic carbocycles. The van der Waals surface area contributed by atoms with Gasteiger partial charge in [0.15, 0.2) is 0 Å². The summed E-state index contributed by atoms with van der Waals surface area (Å²) >= 11 is 0. The molecule has 1 aliphatic rings. The van der Waals surface area contributed by atoms with E-state index in [0.717, 1.165) is 25.2 Å². The molecular weight excluding hydrogens is 286 g/mol. The van der Waals surface area contributed by atoms with E-state index in [1.165, 1.54) is 37.1 Å². The first-order chi connectivity index (χ1) is 9.50. The summed E-state index contributed by atoms with van der Waals surface area (Å²) in [6.45, 7) is 1.82. The van der Waals surface area contributed by atoms with Crippen LogP contribution in [0.4, 0.5) is 14.5 Å². The molecule has 1 aromatic rings. The molecule has 112 valence electrons. The van der Waals surface area contributed by atoms with E-state index < -0.39 is 15.6 Å². The standard InChI is InChI=1S/C13H18F2N2O2S/c14-13(15)20(18,19)12-5-3-11(4-6-12)17-9-7-10-2-1-8-16-10/h3-6,10,13,16-17H,1-2,7-9H2/t10-/m0/s1. The summed E-state index contributed by atoms with van der Waals surface area (Å²) in [5.41, 5.74) is 0.733. The Kier molecular flexibility index (Phi) is 4.93. The second-order valence-corrected chi connectivity index (χ2v) is 6.76. The molecule has 4 nitrogen and oxygen atoms in total. The highest BCUT2D eigenvalue weighted by molar-refractivity contribution is 7.91. The van der Waals surface area contributed by atoms with Crippen LogP contribution in [0.5, 0.6) is 0 Å². The Morgan fingerprint density at radius 1 is 1.30 bits per heavy atom. The van der Waals surface area contributed by atoms with Crippen molar-refractivity contribution < 1.29 is 17.2 Å². The topological polar surface area (TPSA) is 58.2 Å². The second kappa shape index (κ2) is 6.49. The average Bonchev–Trinajstić information content (AvgIpc) is 2.92. The van der Waals surface area contributed by atoms with E-state index in [0.29, 0.717) is 6.04 Å². The van der Waals surface area contributed by atoms with Crippen LogP contribution in [0, 0.1) is 0 Å². The van der Waals surface area contributed by atoms with E-state index in [2.05, 4.69) is 10.6 Å². The molecule has 1 atom stereocenters. The predicted octanol–water partition coefficient (Wildman–Crippen LogP) is 2.24. The summed E-state index contributed by atoms with van der Waals surface area (Å²) in [4.78, 5) is -0.351. The first-order valence-corrected chi connectivity index (χ1v) is 8.14. The number of benzene rings is 1. The fourth-order valence-corrected chi connectivity index (χ4v) is 2.98. The summed E-state index contributed by atoms with van der Waals surface area (Å²) in [6.07, 6.45) is 3.36. The van der Waals surface area contributed by atoms with Crippen LogP contribution < -0.4 is 10.6 Å². The molecule has 1 aliphatic heterocycles. The molecule has 1 fully saturated rings. The molecular formula is C13H18F2N2O2S. The van der Waals surface area contributed by atoms with Gasteiger partial charge in [-0.2, -0.15) is 8.78 Å². The predicted molar refractivity (Wildman–Crippen MR) is 73.8 cm³/mol. The van der Waals surface area contributed by atoms with Gasteiger partial charge in [-0.25, -0.2) is 8.42 Å². The van der Waals surface area contributed by atoms with Gasteiger partial charge < -0.3 is 10.6 Å². The lowest BCUT2D eigenvalue weighted by molar-refractivity contribution is 0.234. The Bertz CT molecular complexity index is 526. The SMILES string of the molecule is O=S(=O)(c1ccc(NCC[C@@H]2CCCN2)cc1)C(F)F. The lowest BCUT2D eigenvalue weighted by Gasteiger charge is -2.12. The third kappa shape index (κ3) is 3.67. The van der Waals surface area contributed by atoms with Crippen LogP contribution in [-0.2, 0) is 9.84 Å². The minimum atomic E-state index is -4.50. The van der Waals surface area contributed by atoms with Crippen molar-refractivity contribution in [2.45, 2.75) is 36.0 Å². The number of halogens is 2. The molecule has 7 heteroatoms. The molecule has 1 heterocycles. The van der Waals surface area contributed by atoms with Gasteiger partial charge >= 0.3 is 5.76 Å². The van der Waals surface area contributed by atoms with Gasteiger partial charge in [0.25, 0.3) is 0 Å². The van der Waals surface area contributed by atoms with Gasteiger partial charge in [-0.05, 0) is 50.1 Å². The summed E-state index contributed by atoms with van der Waals surface area (Å²) in [7, 11) is -4.50. The van der Waals surface area contributed by atoms with E-state index in [-0.39, 0.29) is 4.90 Å². The van der Waals surface area contributed by atoms with Crippen LogP contribution in [0.2, 0.25) is 0 Å². The van der Waals surface area contributed by atoms with Crippen LogP contribution in [0.3, 0.4) is 0 Å². The number of sulfone groups is 1. The van der Waals surface area contributed by atoms with Gasteiger partial charge in [0, 0.05) is 18.3 Å². The molecule has 0 saturated carbocycles. The van der Waals surface area contributed by atoms with Gasteiger partial charge in [-0.1, -0.05) is 0 Å². The maximum Gasteiger partial charge on any atom is 0.341 e. The lowest BCUT2D eigenvalue weighted by atomic mass is 10.1. The number of rotatable bonds is 6. The van der Waals surface area contributed by atoms with E-state index in [4.69, 9.17) is 0 Å². The summed E-state index contributed by atoms with van der Waals surface area (Å²) in [6, 6.07) is 5.96. The lowest BCUT2D eigenvalue weighted by Crippen LogP contribution is -2.24. The van der Waals surface area contributed by atoms with Gasteiger partial charge in [0.05, 0.1) is 4.90 Å². The Labute approximate surface area is 117 Å². The Morgan fingerprint density at radius 2 is 2.00 bits per heavy atom. The van der Waals surface area contributed by atoms with Crippen molar-refractivity contribution in [3.63, 3.8) is 0 Å². The number of anilines is 1. The van der Waals surface area contributed by atoms with Crippen molar-refractivity contribution in [3.05, 3.63) is 24.3 Å². The molecule has 0 spiro atoms. The fourth-order valence-electron chi connectivity index (χ4n) is 2.26. The first kappa shape index (κ1) is 15.2. The summed E-state index contributed by atoms with van der Waals surface area (Å²) < 4.78 is 47.2. The molecule has 0 aromatic heterocycles. The first-order valence-electron chi connectivity index (χ1n) is 6.59. The quantitative estimate of drug-likeness (QED) is 0.846. The maximum atomic E-state index is 12.4. The van der Waals surface area contributed by atoms with Gasteiger partial charge in [-0.15, -0.1) is 0 Å². The van der Waals surface area contributed by atoms with Crippen LogP contribution in [-0.4, -0.2) is 33.3 Å². The minimum absolute atomic E-state index is 0.351. The molecule has 20 heavy (non-hydrogen) atoms. The molecule has 0 amide bonds. The van der Waals surface area contributed by atoms with Crippen molar-refractivity contribution in [1.82, 2.24) is 5.32 Å². The smallest absolute Gasteiger partial charge is 0.341 e. The minimum Gasteiger partial charge on any atom is -0.385 e. The van der Waals surface area contributed by atoms with Crippen molar-refractivity contribution in [3.8, 4) is 0 Å². The monoisotopic (exact) mass is 304 g/mol. The van der Waals surface area contributed by atoms with Crippen LogP contribution >= 0.6 is 0 Å². The molecule has 2 rings (SSSR count). The largest absolute Gasteiger partial charge is 0.385 e. The zero-order valence-electron chi connectivity index (χ0n) is 11.0. The zero-order valence-corrected chi connectivity index (χ0v) is 11.8. The maximum absolute atomic E-state index is 12.4. The van der Waals surface area contributed by atoms with E-state index in [1.54, 1.807) is 0 Å². The zero-order chi connectivity index (χ0) is 14.6.